The van der Waals surface area contributed by atoms with Crippen molar-refractivity contribution in [3.05, 3.63) is 144 Å². The zero-order valence-electron chi connectivity index (χ0n) is 25.8. The molecule has 0 saturated carbocycles. The standard InChI is InChI=1S/C37H37N3O5S/c1-37(41,30-17-19-31(20-18-30)40(46(2,42)43)45-27-29-13-7-4-8-14-29)38-23-24-44-32-21-22-34-33-15-9-10-16-35(33)39(36(34)25-32)26-28-11-5-3-6-12-28/h3-22,25,38,41H,23-24,26-27H2,1-2H3. The van der Waals surface area contributed by atoms with E-state index in [9.17, 15) is 13.5 Å². The maximum absolute atomic E-state index is 12.5. The molecular weight excluding hydrogens is 598 g/mol. The van der Waals surface area contributed by atoms with Crippen LogP contribution >= 0.6 is 0 Å². The Kier molecular flexibility index (Phi) is 9.10. The van der Waals surface area contributed by atoms with Gasteiger partial charge in [0.2, 0.25) is 0 Å². The zero-order chi connectivity index (χ0) is 32.1. The van der Waals surface area contributed by atoms with Crippen LogP contribution in [0.5, 0.6) is 5.75 Å². The monoisotopic (exact) mass is 635 g/mol. The van der Waals surface area contributed by atoms with Gasteiger partial charge in [-0.2, -0.15) is 0 Å². The minimum Gasteiger partial charge on any atom is -0.492 e. The van der Waals surface area contributed by atoms with E-state index in [1.807, 2.05) is 42.5 Å². The Hall–Kier alpha value is -4.67. The Morgan fingerprint density at radius 2 is 1.41 bits per heavy atom. The molecule has 0 radical (unpaired) electrons. The third kappa shape index (κ3) is 7.08. The minimum atomic E-state index is -3.71. The lowest BCUT2D eigenvalue weighted by Crippen LogP contribution is -2.41. The number of rotatable bonds is 13. The summed E-state index contributed by atoms with van der Waals surface area (Å²) in [5.41, 5.74) is 3.86. The van der Waals surface area contributed by atoms with Gasteiger partial charge < -0.3 is 14.4 Å². The summed E-state index contributed by atoms with van der Waals surface area (Å²) in [5, 5.41) is 16.7. The van der Waals surface area contributed by atoms with Crippen molar-refractivity contribution in [1.82, 2.24) is 9.88 Å². The molecule has 46 heavy (non-hydrogen) atoms. The van der Waals surface area contributed by atoms with Gasteiger partial charge in [0.25, 0.3) is 10.0 Å². The van der Waals surface area contributed by atoms with Crippen LogP contribution in [0.2, 0.25) is 0 Å². The van der Waals surface area contributed by atoms with E-state index in [-0.39, 0.29) is 6.61 Å². The normalized spacial score (nSPS) is 13.1. The second-order valence-corrected chi connectivity index (χ2v) is 13.2. The van der Waals surface area contributed by atoms with Gasteiger partial charge in [0.1, 0.15) is 24.7 Å². The first-order valence-corrected chi connectivity index (χ1v) is 17.0. The third-order valence-corrected chi connectivity index (χ3v) is 8.82. The summed E-state index contributed by atoms with van der Waals surface area (Å²) >= 11 is 0. The number of nitrogens with one attached hydrogen (secondary N) is 1. The van der Waals surface area contributed by atoms with E-state index in [0.717, 1.165) is 34.1 Å². The molecule has 1 heterocycles. The van der Waals surface area contributed by atoms with E-state index < -0.39 is 15.7 Å². The van der Waals surface area contributed by atoms with Gasteiger partial charge in [0.05, 0.1) is 17.5 Å². The molecule has 0 bridgehead atoms. The second kappa shape index (κ2) is 13.4. The van der Waals surface area contributed by atoms with Crippen LogP contribution in [0, 0.1) is 0 Å². The van der Waals surface area contributed by atoms with Crippen LogP contribution in [-0.2, 0) is 33.7 Å². The maximum atomic E-state index is 12.5. The average Bonchev–Trinajstić information content (AvgIpc) is 3.36. The lowest BCUT2D eigenvalue weighted by Gasteiger charge is -2.27. The fraction of sp³-hybridized carbons (Fsp3) is 0.189. The molecule has 6 aromatic rings. The Bertz CT molecular complexity index is 2030. The predicted molar refractivity (Wildman–Crippen MR) is 183 cm³/mol. The number of aliphatic hydroxyl groups is 1. The van der Waals surface area contributed by atoms with Gasteiger partial charge in [-0.05, 0) is 53.9 Å². The Balaban J connectivity index is 1.10. The summed E-state index contributed by atoms with van der Waals surface area (Å²) in [6, 6.07) is 40.9. The number of nitrogens with zero attached hydrogens (tertiary/aromatic N) is 2. The Labute approximate surface area is 269 Å². The lowest BCUT2D eigenvalue weighted by atomic mass is 10.0. The summed E-state index contributed by atoms with van der Waals surface area (Å²) in [6.07, 6.45) is 1.09. The quantitative estimate of drug-likeness (QED) is 0.0847. The first-order chi connectivity index (χ1) is 22.2. The van der Waals surface area contributed by atoms with E-state index in [1.54, 1.807) is 31.2 Å². The van der Waals surface area contributed by atoms with E-state index in [4.69, 9.17) is 9.57 Å². The van der Waals surface area contributed by atoms with Crippen molar-refractivity contribution >= 4 is 37.5 Å². The van der Waals surface area contributed by atoms with Crippen LogP contribution < -0.4 is 14.5 Å². The summed E-state index contributed by atoms with van der Waals surface area (Å²) in [4.78, 5) is 5.66. The summed E-state index contributed by atoms with van der Waals surface area (Å²) in [7, 11) is -3.71. The van der Waals surface area contributed by atoms with Gasteiger partial charge >= 0.3 is 0 Å². The van der Waals surface area contributed by atoms with E-state index in [2.05, 4.69) is 70.5 Å². The number of anilines is 1. The van der Waals surface area contributed by atoms with E-state index in [1.165, 1.54) is 21.9 Å². The molecule has 0 spiro atoms. The molecular formula is C37H37N3O5S. The van der Waals surface area contributed by atoms with Crippen molar-refractivity contribution in [2.45, 2.75) is 25.8 Å². The maximum Gasteiger partial charge on any atom is 0.254 e. The van der Waals surface area contributed by atoms with Crippen molar-refractivity contribution in [3.63, 3.8) is 0 Å². The highest BCUT2D eigenvalue weighted by Gasteiger charge is 2.24. The Morgan fingerprint density at radius 1 is 0.783 bits per heavy atom. The average molecular weight is 636 g/mol. The minimum absolute atomic E-state index is 0.0944. The van der Waals surface area contributed by atoms with Crippen molar-refractivity contribution in [2.24, 2.45) is 0 Å². The number of benzene rings is 5. The van der Waals surface area contributed by atoms with Crippen LogP contribution in [0.3, 0.4) is 0 Å². The fourth-order valence-electron chi connectivity index (χ4n) is 5.60. The third-order valence-electron chi connectivity index (χ3n) is 7.90. The number of ether oxygens (including phenoxy) is 1. The van der Waals surface area contributed by atoms with Crippen LogP contribution in [0.15, 0.2) is 127 Å². The lowest BCUT2D eigenvalue weighted by molar-refractivity contribution is 0.0169. The molecule has 1 atom stereocenters. The van der Waals surface area contributed by atoms with E-state index >= 15 is 0 Å². The van der Waals surface area contributed by atoms with Gasteiger partial charge in [-0.1, -0.05) is 91.0 Å². The van der Waals surface area contributed by atoms with Gasteiger partial charge in [-0.25, -0.2) is 8.42 Å². The number of hydrogen-bond donors (Lipinski definition) is 2. The van der Waals surface area contributed by atoms with Crippen LogP contribution in [0.1, 0.15) is 23.6 Å². The van der Waals surface area contributed by atoms with Gasteiger partial charge in [0, 0.05) is 35.4 Å². The number of para-hydroxylation sites is 1. The highest BCUT2D eigenvalue weighted by molar-refractivity contribution is 7.91. The molecule has 1 aromatic heterocycles. The molecule has 6 rings (SSSR count). The van der Waals surface area contributed by atoms with Crippen molar-refractivity contribution in [3.8, 4) is 5.75 Å². The predicted octanol–water partition coefficient (Wildman–Crippen LogP) is 6.57. The molecule has 8 nitrogen and oxygen atoms in total. The van der Waals surface area contributed by atoms with Gasteiger partial charge in [-0.15, -0.1) is 4.47 Å². The van der Waals surface area contributed by atoms with Crippen molar-refractivity contribution in [2.75, 3.05) is 23.9 Å². The fourth-order valence-corrected chi connectivity index (χ4v) is 6.35. The van der Waals surface area contributed by atoms with E-state index in [0.29, 0.717) is 24.4 Å². The first-order valence-electron chi connectivity index (χ1n) is 15.1. The molecule has 0 saturated heterocycles. The molecule has 5 aromatic carbocycles. The molecule has 0 aliphatic heterocycles. The largest absolute Gasteiger partial charge is 0.492 e. The smallest absolute Gasteiger partial charge is 0.254 e. The number of sulfonamides is 1. The first kappa shape index (κ1) is 31.3. The molecule has 0 fully saturated rings. The molecule has 1 unspecified atom stereocenters. The Morgan fingerprint density at radius 3 is 2.11 bits per heavy atom. The summed E-state index contributed by atoms with van der Waals surface area (Å²) in [5.74, 6) is 0.742. The number of hydrogen-bond acceptors (Lipinski definition) is 6. The van der Waals surface area contributed by atoms with Crippen LogP contribution in [0.4, 0.5) is 5.69 Å². The van der Waals surface area contributed by atoms with Crippen LogP contribution in [0.25, 0.3) is 21.8 Å². The van der Waals surface area contributed by atoms with Gasteiger partial charge in [-0.3, -0.25) is 10.2 Å². The van der Waals surface area contributed by atoms with Crippen molar-refractivity contribution < 1.29 is 23.1 Å². The summed E-state index contributed by atoms with van der Waals surface area (Å²) < 4.78 is 34.3. The highest BCUT2D eigenvalue weighted by atomic mass is 32.2. The highest BCUT2D eigenvalue weighted by Crippen LogP contribution is 2.32. The molecule has 0 amide bonds. The molecule has 236 valence electrons. The second-order valence-electron chi connectivity index (χ2n) is 11.4. The summed E-state index contributed by atoms with van der Waals surface area (Å²) in [6.45, 7) is 3.19. The van der Waals surface area contributed by atoms with Crippen LogP contribution in [-0.4, -0.2) is 37.5 Å². The molecule has 0 aliphatic rings. The van der Waals surface area contributed by atoms with Gasteiger partial charge in [0.15, 0.2) is 0 Å². The SMILES string of the molecule is CC(O)(NCCOc1ccc2c3ccccc3n(Cc3ccccc3)c2c1)c1ccc(N(OCc2ccccc2)S(C)(=O)=O)cc1. The topological polar surface area (TPSA) is 93.0 Å². The molecule has 2 N–H and O–H groups in total. The molecule has 0 aliphatic carbocycles. The number of aromatic nitrogens is 1. The zero-order valence-corrected chi connectivity index (χ0v) is 26.7. The molecule has 9 heteroatoms. The number of fused-ring (bicyclic) bond motifs is 3. The van der Waals surface area contributed by atoms with Crippen molar-refractivity contribution in [1.29, 1.82) is 0 Å².